The zero-order valence-electron chi connectivity index (χ0n) is 13.2. The summed E-state index contributed by atoms with van der Waals surface area (Å²) in [6, 6.07) is 8.79. The first-order chi connectivity index (χ1) is 11.8. The maximum absolute atomic E-state index is 12.5. The number of unbranched alkanes of at least 4 members (excludes halogenated alkanes) is 1. The number of anilines is 1. The van der Waals surface area contributed by atoms with Gasteiger partial charge in [0.15, 0.2) is 0 Å². The Balaban J connectivity index is 1.99. The van der Waals surface area contributed by atoms with Gasteiger partial charge in [0, 0.05) is 30.3 Å². The van der Waals surface area contributed by atoms with E-state index in [0.29, 0.717) is 18.5 Å². The van der Waals surface area contributed by atoms with Gasteiger partial charge >= 0.3 is 0 Å². The largest absolute Gasteiger partial charge is 0.347 e. The molecule has 0 aliphatic carbocycles. The molecule has 0 aliphatic rings. The number of carbonyl (C=O) groups excluding carboxylic acids is 2. The van der Waals surface area contributed by atoms with Gasteiger partial charge in [0.25, 0.3) is 0 Å². The number of pyridine rings is 1. The van der Waals surface area contributed by atoms with Crippen LogP contribution in [-0.4, -0.2) is 29.9 Å². The van der Waals surface area contributed by atoms with Crippen molar-refractivity contribution in [3.05, 3.63) is 36.5 Å². The normalized spacial score (nSPS) is 11.9. The number of nitrogens with zero attached hydrogens (tertiary/aromatic N) is 1. The van der Waals surface area contributed by atoms with Crippen molar-refractivity contribution in [2.24, 2.45) is 5.14 Å². The lowest BCUT2D eigenvalue weighted by Crippen LogP contribution is -2.40. The minimum Gasteiger partial charge on any atom is -0.347 e. The van der Waals surface area contributed by atoms with E-state index in [0.717, 1.165) is 42.4 Å². The Morgan fingerprint density at radius 2 is 2.12 bits per heavy atom. The molecule has 128 valence electrons. The average Bonchev–Trinajstić information content (AvgIpc) is 2.61. The number of hydrogen-bond acceptors (Lipinski definition) is 6. The molecule has 2 amide bonds. The van der Waals surface area contributed by atoms with E-state index >= 15 is 0 Å². The second-order valence-electron chi connectivity index (χ2n) is 5.22. The van der Waals surface area contributed by atoms with Crippen molar-refractivity contribution in [1.82, 2.24) is 15.0 Å². The van der Waals surface area contributed by atoms with Crippen LogP contribution < -0.4 is 20.5 Å². The number of fused-ring (bicyclic) bond motifs is 1. The van der Waals surface area contributed by atoms with Crippen molar-refractivity contribution in [3.8, 4) is 0 Å². The number of benzene rings is 1. The van der Waals surface area contributed by atoms with E-state index in [9.17, 15) is 9.59 Å². The number of rotatable bonds is 10. The van der Waals surface area contributed by atoms with Crippen LogP contribution in [0, 0.1) is 0 Å². The van der Waals surface area contributed by atoms with Gasteiger partial charge in [0.2, 0.25) is 12.3 Å². The van der Waals surface area contributed by atoms with Gasteiger partial charge in [-0.25, -0.2) is 0 Å². The van der Waals surface area contributed by atoms with E-state index in [1.54, 1.807) is 12.3 Å². The maximum atomic E-state index is 12.5. The number of amides is 2. The summed E-state index contributed by atoms with van der Waals surface area (Å²) in [4.78, 5) is 27.6. The van der Waals surface area contributed by atoms with E-state index in [-0.39, 0.29) is 5.91 Å². The molecule has 0 saturated heterocycles. The highest BCUT2D eigenvalue weighted by Gasteiger charge is 2.18. The van der Waals surface area contributed by atoms with Gasteiger partial charge < -0.3 is 10.6 Å². The maximum Gasteiger partial charge on any atom is 0.246 e. The molecule has 1 unspecified atom stereocenters. The molecular weight excluding hydrogens is 326 g/mol. The molecule has 24 heavy (non-hydrogen) atoms. The molecule has 1 aromatic heterocycles. The molecule has 1 aromatic carbocycles. The summed E-state index contributed by atoms with van der Waals surface area (Å²) < 4.78 is 2.94. The summed E-state index contributed by atoms with van der Waals surface area (Å²) in [7, 11) is 0. The molecule has 0 bridgehead atoms. The molecule has 1 heterocycles. The van der Waals surface area contributed by atoms with E-state index in [1.165, 1.54) is 0 Å². The van der Waals surface area contributed by atoms with Crippen molar-refractivity contribution in [2.75, 3.05) is 11.9 Å². The van der Waals surface area contributed by atoms with Crippen LogP contribution in [0.5, 0.6) is 0 Å². The Kier molecular flexibility index (Phi) is 7.47. The molecule has 0 saturated carbocycles. The van der Waals surface area contributed by atoms with E-state index in [4.69, 9.17) is 5.14 Å². The van der Waals surface area contributed by atoms with Crippen LogP contribution in [-0.2, 0) is 9.59 Å². The van der Waals surface area contributed by atoms with Gasteiger partial charge in [-0.2, -0.15) is 0 Å². The number of para-hydroxylation sites is 1. The minimum atomic E-state index is -0.577. The van der Waals surface area contributed by atoms with Crippen molar-refractivity contribution in [3.63, 3.8) is 0 Å². The summed E-state index contributed by atoms with van der Waals surface area (Å²) >= 11 is 1.07. The van der Waals surface area contributed by atoms with Crippen LogP contribution in [0.15, 0.2) is 36.5 Å². The summed E-state index contributed by atoms with van der Waals surface area (Å²) in [5.41, 5.74) is 1.36. The van der Waals surface area contributed by atoms with Crippen LogP contribution in [0.3, 0.4) is 0 Å². The monoisotopic (exact) mass is 347 g/mol. The fraction of sp³-hybridized carbons (Fsp3) is 0.312. The Morgan fingerprint density at radius 3 is 2.92 bits per heavy atom. The topological polar surface area (TPSA) is 109 Å². The van der Waals surface area contributed by atoms with Gasteiger partial charge in [-0.3, -0.25) is 24.4 Å². The van der Waals surface area contributed by atoms with Gasteiger partial charge in [0.1, 0.15) is 6.04 Å². The quantitative estimate of drug-likeness (QED) is 0.295. The fourth-order valence-corrected chi connectivity index (χ4v) is 2.66. The van der Waals surface area contributed by atoms with Crippen LogP contribution in [0.25, 0.3) is 10.9 Å². The summed E-state index contributed by atoms with van der Waals surface area (Å²) in [5, 5.41) is 11.7. The van der Waals surface area contributed by atoms with E-state index < -0.39 is 6.04 Å². The third kappa shape index (κ3) is 5.19. The van der Waals surface area contributed by atoms with Crippen LogP contribution in [0.4, 0.5) is 5.69 Å². The SMILES string of the molecule is NSNCCCCC(NC=O)C(=O)Nc1cccc2cccnc12. The Hall–Kier alpha value is -2.16. The summed E-state index contributed by atoms with van der Waals surface area (Å²) in [5.74, 6) is -0.249. The first-order valence-corrected chi connectivity index (χ1v) is 8.57. The molecule has 1 atom stereocenters. The molecule has 0 fully saturated rings. The highest BCUT2D eigenvalue weighted by atomic mass is 32.2. The first-order valence-electron chi connectivity index (χ1n) is 7.69. The van der Waals surface area contributed by atoms with Gasteiger partial charge in [-0.15, -0.1) is 0 Å². The van der Waals surface area contributed by atoms with Crippen LogP contribution in [0.2, 0.25) is 0 Å². The number of aromatic nitrogens is 1. The molecule has 7 nitrogen and oxygen atoms in total. The smallest absolute Gasteiger partial charge is 0.246 e. The van der Waals surface area contributed by atoms with Crippen molar-refractivity contribution in [2.45, 2.75) is 25.3 Å². The van der Waals surface area contributed by atoms with Crippen molar-refractivity contribution >= 4 is 41.0 Å². The van der Waals surface area contributed by atoms with Gasteiger partial charge in [0.05, 0.1) is 11.2 Å². The molecular formula is C16H21N5O2S. The predicted molar refractivity (Wildman–Crippen MR) is 97.0 cm³/mol. The zero-order chi connectivity index (χ0) is 17.2. The van der Waals surface area contributed by atoms with Crippen LogP contribution in [0.1, 0.15) is 19.3 Å². The van der Waals surface area contributed by atoms with Gasteiger partial charge in [-0.05, 0) is 31.4 Å². The summed E-state index contributed by atoms with van der Waals surface area (Å²) in [6.07, 6.45) is 4.45. The Labute approximate surface area is 145 Å². The molecule has 8 heteroatoms. The zero-order valence-corrected chi connectivity index (χ0v) is 14.0. The standard InChI is InChI=1S/C16H21N5O2S/c17-24-20-10-2-1-7-14(19-11-22)16(23)21-13-8-3-5-12-6-4-9-18-15(12)13/h3-6,8-9,11,14,20H,1-2,7,10,17H2,(H,19,22)(H,21,23). The molecule has 2 aromatic rings. The molecule has 0 spiro atoms. The second-order valence-corrected chi connectivity index (χ2v) is 5.74. The lowest BCUT2D eigenvalue weighted by molar-refractivity contribution is -0.121. The lowest BCUT2D eigenvalue weighted by Gasteiger charge is -2.16. The molecule has 0 radical (unpaired) electrons. The van der Waals surface area contributed by atoms with E-state index in [1.807, 2.05) is 24.3 Å². The number of carbonyl (C=O) groups is 2. The number of nitrogens with one attached hydrogen (secondary N) is 3. The second kappa shape index (κ2) is 9.86. The third-order valence-electron chi connectivity index (χ3n) is 3.58. The fourth-order valence-electron chi connectivity index (χ4n) is 2.40. The minimum absolute atomic E-state index is 0.249. The molecule has 2 rings (SSSR count). The number of hydrogen-bond donors (Lipinski definition) is 4. The Bertz CT molecular complexity index is 677. The molecule has 0 aliphatic heterocycles. The van der Waals surface area contributed by atoms with Gasteiger partial charge in [-0.1, -0.05) is 18.2 Å². The first kappa shape index (κ1) is 18.2. The van der Waals surface area contributed by atoms with Crippen molar-refractivity contribution in [1.29, 1.82) is 0 Å². The Morgan fingerprint density at radius 1 is 1.29 bits per heavy atom. The predicted octanol–water partition coefficient (Wildman–Crippen LogP) is 1.57. The average molecular weight is 347 g/mol. The lowest BCUT2D eigenvalue weighted by atomic mass is 10.1. The highest BCUT2D eigenvalue weighted by molar-refractivity contribution is 7.95. The van der Waals surface area contributed by atoms with Crippen molar-refractivity contribution < 1.29 is 9.59 Å². The number of nitrogens with two attached hydrogens (primary N) is 1. The molecule has 5 N–H and O–H groups in total. The summed E-state index contributed by atoms with van der Waals surface area (Å²) in [6.45, 7) is 0.754. The third-order valence-corrected chi connectivity index (χ3v) is 3.95. The highest BCUT2D eigenvalue weighted by Crippen LogP contribution is 2.21. The van der Waals surface area contributed by atoms with Crippen LogP contribution >= 0.6 is 12.1 Å². The van der Waals surface area contributed by atoms with E-state index in [2.05, 4.69) is 20.3 Å².